The molecule has 0 unspecified atom stereocenters. The number of benzene rings is 2. The summed E-state index contributed by atoms with van der Waals surface area (Å²) in [4.78, 5) is 23.9. The number of aromatic nitrogens is 3. The van der Waals surface area contributed by atoms with Crippen LogP contribution < -0.4 is 10.3 Å². The Hall–Kier alpha value is -2.93. The Balaban J connectivity index is 1.59. The fraction of sp³-hybridized carbons (Fsp3) is 0.125. The molecule has 0 saturated carbocycles. The minimum Gasteiger partial charge on any atom is -0.482 e. The van der Waals surface area contributed by atoms with Crippen LogP contribution in [0.15, 0.2) is 53.3 Å². The average molecular weight is 346 g/mol. The SMILES string of the molecule is O=C(COc1ccc(Cl)cc1)OCn1nnc2ccccc2c1=O. The van der Waals surface area contributed by atoms with Crippen molar-refractivity contribution >= 4 is 28.5 Å². The first-order chi connectivity index (χ1) is 11.6. The van der Waals surface area contributed by atoms with Crippen LogP contribution in [0, 0.1) is 0 Å². The lowest BCUT2D eigenvalue weighted by Crippen LogP contribution is -2.27. The highest BCUT2D eigenvalue weighted by atomic mass is 35.5. The third-order valence-corrected chi connectivity index (χ3v) is 3.40. The van der Waals surface area contributed by atoms with Crippen molar-refractivity contribution in [2.24, 2.45) is 0 Å². The van der Waals surface area contributed by atoms with Gasteiger partial charge in [-0.1, -0.05) is 28.9 Å². The summed E-state index contributed by atoms with van der Waals surface area (Å²) < 4.78 is 11.2. The summed E-state index contributed by atoms with van der Waals surface area (Å²) in [6.07, 6.45) is 0. The molecule has 24 heavy (non-hydrogen) atoms. The van der Waals surface area contributed by atoms with Gasteiger partial charge in [-0.05, 0) is 36.4 Å². The van der Waals surface area contributed by atoms with Gasteiger partial charge in [0.15, 0.2) is 13.3 Å². The number of nitrogens with zero attached hydrogens (tertiary/aromatic N) is 3. The Morgan fingerprint density at radius 3 is 2.67 bits per heavy atom. The molecule has 7 nitrogen and oxygen atoms in total. The molecule has 0 N–H and O–H groups in total. The van der Waals surface area contributed by atoms with E-state index in [9.17, 15) is 9.59 Å². The maximum atomic E-state index is 12.2. The van der Waals surface area contributed by atoms with Crippen molar-refractivity contribution in [2.45, 2.75) is 6.73 Å². The summed E-state index contributed by atoms with van der Waals surface area (Å²) in [7, 11) is 0. The largest absolute Gasteiger partial charge is 0.482 e. The van der Waals surface area contributed by atoms with E-state index in [1.165, 1.54) is 0 Å². The summed E-state index contributed by atoms with van der Waals surface area (Å²) in [5.41, 5.74) is 0.100. The molecular weight excluding hydrogens is 334 g/mol. The smallest absolute Gasteiger partial charge is 0.345 e. The first-order valence-corrected chi connectivity index (χ1v) is 7.38. The number of hydrogen-bond donors (Lipinski definition) is 0. The Kier molecular flexibility index (Phi) is 4.72. The molecule has 0 aliphatic heterocycles. The van der Waals surface area contributed by atoms with Crippen LogP contribution in [0.2, 0.25) is 5.02 Å². The lowest BCUT2D eigenvalue weighted by atomic mass is 10.2. The summed E-state index contributed by atoms with van der Waals surface area (Å²) in [6.45, 7) is -0.628. The zero-order valence-corrected chi connectivity index (χ0v) is 13.1. The molecule has 0 aliphatic rings. The molecule has 0 atom stereocenters. The molecule has 1 heterocycles. The number of fused-ring (bicyclic) bond motifs is 1. The molecule has 3 aromatic rings. The second kappa shape index (κ2) is 7.10. The Morgan fingerprint density at radius 1 is 1.12 bits per heavy atom. The van der Waals surface area contributed by atoms with Gasteiger partial charge in [-0.2, -0.15) is 4.68 Å². The van der Waals surface area contributed by atoms with Gasteiger partial charge < -0.3 is 9.47 Å². The molecule has 0 radical (unpaired) electrons. The summed E-state index contributed by atoms with van der Waals surface area (Å²) in [5.74, 6) is -0.147. The van der Waals surface area contributed by atoms with E-state index in [1.807, 2.05) is 0 Å². The van der Waals surface area contributed by atoms with E-state index in [1.54, 1.807) is 48.5 Å². The summed E-state index contributed by atoms with van der Waals surface area (Å²) >= 11 is 5.76. The first kappa shape index (κ1) is 15.9. The Bertz CT molecular complexity index is 925. The highest BCUT2D eigenvalue weighted by Gasteiger charge is 2.08. The van der Waals surface area contributed by atoms with Crippen LogP contribution in [-0.4, -0.2) is 27.6 Å². The number of halogens is 1. The third-order valence-electron chi connectivity index (χ3n) is 3.15. The van der Waals surface area contributed by atoms with E-state index >= 15 is 0 Å². The van der Waals surface area contributed by atoms with Crippen molar-refractivity contribution in [1.82, 2.24) is 15.0 Å². The van der Waals surface area contributed by atoms with Crippen molar-refractivity contribution < 1.29 is 14.3 Å². The van der Waals surface area contributed by atoms with Gasteiger partial charge in [0.25, 0.3) is 5.56 Å². The van der Waals surface area contributed by atoms with Gasteiger partial charge in [0.2, 0.25) is 0 Å². The van der Waals surface area contributed by atoms with E-state index in [0.717, 1.165) is 4.68 Å². The van der Waals surface area contributed by atoms with Gasteiger partial charge in [0.1, 0.15) is 11.3 Å². The van der Waals surface area contributed by atoms with E-state index < -0.39 is 5.97 Å². The number of esters is 1. The zero-order chi connectivity index (χ0) is 16.9. The minimum absolute atomic E-state index is 0.294. The fourth-order valence-corrected chi connectivity index (χ4v) is 2.08. The molecule has 8 heteroatoms. The van der Waals surface area contributed by atoms with E-state index in [0.29, 0.717) is 21.7 Å². The monoisotopic (exact) mass is 345 g/mol. The van der Waals surface area contributed by atoms with Crippen LogP contribution in [0.25, 0.3) is 10.9 Å². The predicted molar refractivity (Wildman–Crippen MR) is 86.8 cm³/mol. The Morgan fingerprint density at radius 2 is 1.88 bits per heavy atom. The van der Waals surface area contributed by atoms with Gasteiger partial charge >= 0.3 is 5.97 Å². The first-order valence-electron chi connectivity index (χ1n) is 7.00. The van der Waals surface area contributed by atoms with Crippen LogP contribution in [0.3, 0.4) is 0 Å². The molecule has 0 fully saturated rings. The van der Waals surface area contributed by atoms with E-state index in [2.05, 4.69) is 10.3 Å². The highest BCUT2D eigenvalue weighted by Crippen LogP contribution is 2.15. The van der Waals surface area contributed by atoms with Gasteiger partial charge in [-0.3, -0.25) is 4.79 Å². The predicted octanol–water partition coefficient (Wildman–Crippen LogP) is 2.02. The zero-order valence-electron chi connectivity index (χ0n) is 12.4. The number of carbonyl (C=O) groups excluding carboxylic acids is 1. The van der Waals surface area contributed by atoms with Crippen LogP contribution in [-0.2, 0) is 16.3 Å². The second-order valence-electron chi connectivity index (χ2n) is 4.80. The number of hydrogen-bond acceptors (Lipinski definition) is 6. The van der Waals surface area contributed by atoms with Crippen molar-refractivity contribution in [2.75, 3.05) is 6.61 Å². The van der Waals surface area contributed by atoms with Crippen LogP contribution in [0.5, 0.6) is 5.75 Å². The third kappa shape index (κ3) is 3.69. The lowest BCUT2D eigenvalue weighted by Gasteiger charge is -2.08. The summed E-state index contributed by atoms with van der Waals surface area (Å²) in [6, 6.07) is 13.4. The quantitative estimate of drug-likeness (QED) is 0.658. The number of rotatable bonds is 5. The number of ether oxygens (including phenoxy) is 2. The Labute approximate surface area is 141 Å². The molecule has 0 bridgehead atoms. The fourth-order valence-electron chi connectivity index (χ4n) is 1.96. The molecule has 3 rings (SSSR count). The standard InChI is InChI=1S/C16H12ClN3O4/c17-11-5-7-12(8-6-11)23-9-15(21)24-10-20-16(22)13-3-1-2-4-14(13)18-19-20/h1-8H,9-10H2. The minimum atomic E-state index is -0.633. The van der Waals surface area contributed by atoms with Gasteiger partial charge in [0, 0.05) is 5.02 Å². The second-order valence-corrected chi connectivity index (χ2v) is 5.24. The van der Waals surface area contributed by atoms with E-state index in [4.69, 9.17) is 21.1 Å². The molecular formula is C16H12ClN3O4. The molecule has 1 aromatic heterocycles. The van der Waals surface area contributed by atoms with Crippen LogP contribution >= 0.6 is 11.6 Å². The van der Waals surface area contributed by atoms with Crippen LogP contribution in [0.1, 0.15) is 0 Å². The molecule has 0 spiro atoms. The molecule has 0 amide bonds. The van der Waals surface area contributed by atoms with Gasteiger partial charge in [-0.15, -0.1) is 5.10 Å². The van der Waals surface area contributed by atoms with Crippen molar-refractivity contribution in [3.8, 4) is 5.75 Å². The van der Waals surface area contributed by atoms with Gasteiger partial charge in [0.05, 0.1) is 5.39 Å². The highest BCUT2D eigenvalue weighted by molar-refractivity contribution is 6.30. The topological polar surface area (TPSA) is 83.3 Å². The molecule has 2 aromatic carbocycles. The van der Waals surface area contributed by atoms with Crippen molar-refractivity contribution in [1.29, 1.82) is 0 Å². The van der Waals surface area contributed by atoms with Crippen molar-refractivity contribution in [3.05, 3.63) is 63.9 Å². The maximum Gasteiger partial charge on any atom is 0.345 e. The van der Waals surface area contributed by atoms with Crippen molar-refractivity contribution in [3.63, 3.8) is 0 Å². The number of carbonyl (C=O) groups is 1. The molecule has 0 saturated heterocycles. The molecule has 0 aliphatic carbocycles. The summed E-state index contributed by atoms with van der Waals surface area (Å²) in [5, 5.41) is 8.60. The van der Waals surface area contributed by atoms with Gasteiger partial charge in [-0.25, -0.2) is 4.79 Å². The van der Waals surface area contributed by atoms with E-state index in [-0.39, 0.29) is 18.9 Å². The average Bonchev–Trinajstić information content (AvgIpc) is 2.61. The normalized spacial score (nSPS) is 10.5. The van der Waals surface area contributed by atoms with Crippen LogP contribution in [0.4, 0.5) is 0 Å². The maximum absolute atomic E-state index is 12.2. The molecule has 122 valence electrons. The lowest BCUT2D eigenvalue weighted by molar-refractivity contribution is -0.150.